The van der Waals surface area contributed by atoms with Crippen molar-refractivity contribution in [3.8, 4) is 0 Å². The van der Waals surface area contributed by atoms with E-state index < -0.39 is 22.0 Å². The highest BCUT2D eigenvalue weighted by Crippen LogP contribution is 2.15. The molecule has 0 spiro atoms. The molecule has 12 heavy (non-hydrogen) atoms. The molecule has 2 atom stereocenters. The number of sulfone groups is 1. The number of rotatable bonds is 3. The minimum atomic E-state index is -3.08. The molecule has 1 N–H and O–H groups in total. The van der Waals surface area contributed by atoms with Crippen molar-refractivity contribution >= 4 is 9.84 Å². The fourth-order valence-electron chi connectivity index (χ4n) is 1.15. The standard InChI is InChI=1S/C7H12O4S/c1-2-3-11-7-5-12(9,10)4-6(7)8/h2,6-8H,1,3-5H2/t6-,7+/m0/s1. The van der Waals surface area contributed by atoms with Crippen molar-refractivity contribution in [1.29, 1.82) is 0 Å². The van der Waals surface area contributed by atoms with Crippen LogP contribution in [0.2, 0.25) is 0 Å². The van der Waals surface area contributed by atoms with Crippen LogP contribution in [-0.2, 0) is 14.6 Å². The summed E-state index contributed by atoms with van der Waals surface area (Å²) in [4.78, 5) is 0. The van der Waals surface area contributed by atoms with Gasteiger partial charge < -0.3 is 9.84 Å². The normalized spacial score (nSPS) is 33.4. The molecule has 0 aromatic rings. The predicted molar refractivity (Wildman–Crippen MR) is 44.6 cm³/mol. The van der Waals surface area contributed by atoms with Crippen LogP contribution in [0.15, 0.2) is 12.7 Å². The van der Waals surface area contributed by atoms with Crippen LogP contribution in [0.1, 0.15) is 0 Å². The van der Waals surface area contributed by atoms with Crippen LogP contribution in [0.5, 0.6) is 0 Å². The van der Waals surface area contributed by atoms with Crippen molar-refractivity contribution < 1.29 is 18.3 Å². The minimum Gasteiger partial charge on any atom is -0.389 e. The van der Waals surface area contributed by atoms with Crippen LogP contribution in [0.4, 0.5) is 0 Å². The van der Waals surface area contributed by atoms with Gasteiger partial charge in [0.15, 0.2) is 9.84 Å². The lowest BCUT2D eigenvalue weighted by Crippen LogP contribution is -2.26. The Bertz CT molecular complexity index is 257. The van der Waals surface area contributed by atoms with Crippen molar-refractivity contribution in [3.63, 3.8) is 0 Å². The molecule has 1 rings (SSSR count). The van der Waals surface area contributed by atoms with E-state index in [-0.39, 0.29) is 18.1 Å². The topological polar surface area (TPSA) is 63.6 Å². The highest BCUT2D eigenvalue weighted by atomic mass is 32.2. The second-order valence-corrected chi connectivity index (χ2v) is 4.96. The van der Waals surface area contributed by atoms with Crippen LogP contribution >= 0.6 is 0 Å². The number of ether oxygens (including phenoxy) is 1. The Kier molecular flexibility index (Phi) is 2.87. The molecule has 0 saturated carbocycles. The van der Waals surface area contributed by atoms with Gasteiger partial charge >= 0.3 is 0 Å². The first kappa shape index (κ1) is 9.70. The van der Waals surface area contributed by atoms with Crippen molar-refractivity contribution in [2.45, 2.75) is 12.2 Å². The van der Waals surface area contributed by atoms with Crippen LogP contribution in [0.3, 0.4) is 0 Å². The van der Waals surface area contributed by atoms with Crippen molar-refractivity contribution in [3.05, 3.63) is 12.7 Å². The number of aliphatic hydroxyl groups is 1. The maximum absolute atomic E-state index is 10.9. The largest absolute Gasteiger partial charge is 0.389 e. The van der Waals surface area contributed by atoms with Gasteiger partial charge in [-0.05, 0) is 0 Å². The number of aliphatic hydroxyl groups excluding tert-OH is 1. The molecule has 1 saturated heterocycles. The predicted octanol–water partition coefficient (Wildman–Crippen LogP) is -0.653. The minimum absolute atomic E-state index is 0.0813. The van der Waals surface area contributed by atoms with E-state index in [0.717, 1.165) is 0 Å². The average molecular weight is 192 g/mol. The lowest BCUT2D eigenvalue weighted by Gasteiger charge is -2.11. The number of hydrogen-bond donors (Lipinski definition) is 1. The van der Waals surface area contributed by atoms with Gasteiger partial charge in [-0.3, -0.25) is 0 Å². The van der Waals surface area contributed by atoms with Crippen LogP contribution in [-0.4, -0.2) is 43.8 Å². The SMILES string of the molecule is C=CCO[C@@H]1CS(=O)(=O)C[C@@H]1O. The summed E-state index contributed by atoms with van der Waals surface area (Å²) in [5, 5.41) is 9.21. The van der Waals surface area contributed by atoms with E-state index in [4.69, 9.17) is 4.74 Å². The molecule has 0 bridgehead atoms. The molecule has 5 heteroatoms. The smallest absolute Gasteiger partial charge is 0.155 e. The van der Waals surface area contributed by atoms with E-state index in [9.17, 15) is 13.5 Å². The monoisotopic (exact) mass is 192 g/mol. The summed E-state index contributed by atoms with van der Waals surface area (Å²) in [6.07, 6.45) is 0.0699. The maximum atomic E-state index is 10.9. The third-order valence-corrected chi connectivity index (χ3v) is 3.39. The first-order valence-electron chi connectivity index (χ1n) is 3.66. The summed E-state index contributed by atoms with van der Waals surface area (Å²) in [5.41, 5.74) is 0. The van der Waals surface area contributed by atoms with E-state index in [1.165, 1.54) is 6.08 Å². The molecular weight excluding hydrogens is 180 g/mol. The van der Waals surface area contributed by atoms with Gasteiger partial charge in [-0.15, -0.1) is 6.58 Å². The lowest BCUT2D eigenvalue weighted by atomic mass is 10.3. The summed E-state index contributed by atoms with van der Waals surface area (Å²) in [6, 6.07) is 0. The van der Waals surface area contributed by atoms with Crippen LogP contribution in [0, 0.1) is 0 Å². The first-order valence-corrected chi connectivity index (χ1v) is 5.48. The fourth-order valence-corrected chi connectivity index (χ4v) is 2.84. The Labute approximate surface area is 71.8 Å². The van der Waals surface area contributed by atoms with Gasteiger partial charge in [-0.25, -0.2) is 8.42 Å². The molecule has 1 heterocycles. The zero-order valence-electron chi connectivity index (χ0n) is 6.64. The average Bonchev–Trinajstić information content (AvgIpc) is 2.20. The zero-order chi connectivity index (χ0) is 9.19. The summed E-state index contributed by atoms with van der Waals surface area (Å²) in [5.74, 6) is -0.267. The van der Waals surface area contributed by atoms with Gasteiger partial charge in [0, 0.05) is 0 Å². The third-order valence-electron chi connectivity index (χ3n) is 1.70. The fraction of sp³-hybridized carbons (Fsp3) is 0.714. The second-order valence-electron chi connectivity index (χ2n) is 2.80. The highest BCUT2D eigenvalue weighted by Gasteiger charge is 2.36. The molecule has 0 unspecified atom stereocenters. The van der Waals surface area contributed by atoms with Gasteiger partial charge in [0.05, 0.1) is 30.3 Å². The summed E-state index contributed by atoms with van der Waals surface area (Å²) in [6.45, 7) is 3.70. The van der Waals surface area contributed by atoms with Crippen molar-refractivity contribution in [2.75, 3.05) is 18.1 Å². The molecular formula is C7H12O4S. The molecule has 0 aromatic carbocycles. The second kappa shape index (κ2) is 3.55. The molecule has 1 fully saturated rings. The maximum Gasteiger partial charge on any atom is 0.155 e. The molecule has 0 amide bonds. The summed E-state index contributed by atoms with van der Waals surface area (Å²) >= 11 is 0. The Balaban J connectivity index is 2.52. The summed E-state index contributed by atoms with van der Waals surface area (Å²) < 4.78 is 27.0. The van der Waals surface area contributed by atoms with Gasteiger partial charge in [0.1, 0.15) is 0 Å². The first-order chi connectivity index (χ1) is 5.55. The van der Waals surface area contributed by atoms with Gasteiger partial charge in [0.25, 0.3) is 0 Å². The molecule has 1 aliphatic heterocycles. The molecule has 0 aromatic heterocycles. The van der Waals surface area contributed by atoms with Gasteiger partial charge in [0.2, 0.25) is 0 Å². The Hall–Kier alpha value is -0.390. The molecule has 4 nitrogen and oxygen atoms in total. The van der Waals surface area contributed by atoms with Crippen LogP contribution < -0.4 is 0 Å². The van der Waals surface area contributed by atoms with E-state index in [0.29, 0.717) is 0 Å². The van der Waals surface area contributed by atoms with Gasteiger partial charge in [-0.1, -0.05) is 6.08 Å². The van der Waals surface area contributed by atoms with Crippen molar-refractivity contribution in [2.24, 2.45) is 0 Å². The van der Waals surface area contributed by atoms with E-state index >= 15 is 0 Å². The van der Waals surface area contributed by atoms with E-state index in [1.54, 1.807) is 0 Å². The third kappa shape index (κ3) is 2.30. The molecule has 70 valence electrons. The highest BCUT2D eigenvalue weighted by molar-refractivity contribution is 7.91. The Morgan fingerprint density at radius 1 is 1.58 bits per heavy atom. The lowest BCUT2D eigenvalue weighted by molar-refractivity contribution is 0.00520. The molecule has 1 aliphatic rings. The zero-order valence-corrected chi connectivity index (χ0v) is 7.46. The van der Waals surface area contributed by atoms with Crippen molar-refractivity contribution in [1.82, 2.24) is 0 Å². The molecule has 0 radical (unpaired) electrons. The van der Waals surface area contributed by atoms with E-state index in [2.05, 4.69) is 6.58 Å². The van der Waals surface area contributed by atoms with Gasteiger partial charge in [-0.2, -0.15) is 0 Å². The number of hydrogen-bond acceptors (Lipinski definition) is 4. The summed E-state index contributed by atoms with van der Waals surface area (Å²) in [7, 11) is -3.08. The Morgan fingerprint density at radius 2 is 2.25 bits per heavy atom. The molecule has 0 aliphatic carbocycles. The van der Waals surface area contributed by atoms with Crippen LogP contribution in [0.25, 0.3) is 0 Å². The van der Waals surface area contributed by atoms with E-state index in [1.807, 2.05) is 0 Å². The quantitative estimate of drug-likeness (QED) is 0.603. The Morgan fingerprint density at radius 3 is 2.67 bits per heavy atom.